The number of anilines is 2. The van der Waals surface area contributed by atoms with Gasteiger partial charge in [-0.15, -0.1) is 0 Å². The first-order chi connectivity index (χ1) is 15.9. The number of methoxy groups -OCH3 is 1. The van der Waals surface area contributed by atoms with Gasteiger partial charge in [-0.3, -0.25) is 9.59 Å². The fraction of sp³-hybridized carbons (Fsp3) is 0.185. The van der Waals surface area contributed by atoms with Crippen molar-refractivity contribution in [1.29, 1.82) is 0 Å². The van der Waals surface area contributed by atoms with Crippen molar-refractivity contribution in [1.82, 2.24) is 0 Å². The van der Waals surface area contributed by atoms with E-state index in [1.54, 1.807) is 37.4 Å². The second kappa shape index (κ2) is 9.20. The molecular weight excluding hydrogens is 416 g/mol. The van der Waals surface area contributed by atoms with Crippen molar-refractivity contribution in [2.75, 3.05) is 23.9 Å². The van der Waals surface area contributed by atoms with Crippen LogP contribution in [0.1, 0.15) is 23.6 Å². The van der Waals surface area contributed by atoms with Gasteiger partial charge in [0, 0.05) is 0 Å². The van der Waals surface area contributed by atoms with Gasteiger partial charge in [0.15, 0.2) is 0 Å². The molecule has 0 saturated heterocycles. The fourth-order valence-corrected chi connectivity index (χ4v) is 3.85. The van der Waals surface area contributed by atoms with Gasteiger partial charge in [0.05, 0.1) is 30.7 Å². The lowest BCUT2D eigenvalue weighted by Crippen LogP contribution is -2.32. The Balaban J connectivity index is 1.83. The van der Waals surface area contributed by atoms with E-state index in [4.69, 9.17) is 9.47 Å². The Hall–Kier alpha value is -4.06. The number of imide groups is 1. The smallest absolute Gasteiger partial charge is 0.282 e. The van der Waals surface area contributed by atoms with Gasteiger partial charge in [0.2, 0.25) is 0 Å². The average molecular weight is 443 g/mol. The summed E-state index contributed by atoms with van der Waals surface area (Å²) in [5, 5.41) is 3.20. The molecule has 0 bridgehead atoms. The number of hydrogen-bond acceptors (Lipinski definition) is 5. The molecule has 33 heavy (non-hydrogen) atoms. The van der Waals surface area contributed by atoms with Crippen LogP contribution in [-0.4, -0.2) is 25.5 Å². The van der Waals surface area contributed by atoms with Crippen LogP contribution < -0.4 is 19.7 Å². The summed E-state index contributed by atoms with van der Waals surface area (Å²) in [5.74, 6) is 0.472. The Morgan fingerprint density at radius 1 is 0.879 bits per heavy atom. The molecule has 6 heteroatoms. The third-order valence-corrected chi connectivity index (χ3v) is 5.41. The van der Waals surface area contributed by atoms with E-state index < -0.39 is 5.91 Å². The molecule has 2 amide bonds. The molecule has 168 valence electrons. The lowest BCUT2D eigenvalue weighted by Gasteiger charge is -2.16. The van der Waals surface area contributed by atoms with E-state index in [9.17, 15) is 9.59 Å². The van der Waals surface area contributed by atoms with Crippen molar-refractivity contribution < 1.29 is 19.1 Å². The third-order valence-electron chi connectivity index (χ3n) is 5.41. The number of ether oxygens (including phenoxy) is 2. The molecule has 0 radical (unpaired) electrons. The highest BCUT2D eigenvalue weighted by Crippen LogP contribution is 2.36. The van der Waals surface area contributed by atoms with E-state index in [0.717, 1.165) is 11.1 Å². The Labute approximate surface area is 193 Å². The molecule has 1 N–H and O–H groups in total. The van der Waals surface area contributed by atoms with Crippen molar-refractivity contribution in [3.8, 4) is 11.5 Å². The molecule has 0 saturated carbocycles. The van der Waals surface area contributed by atoms with Gasteiger partial charge in [0.1, 0.15) is 17.2 Å². The minimum absolute atomic E-state index is 0.203. The first-order valence-corrected chi connectivity index (χ1v) is 10.8. The molecule has 0 fully saturated rings. The number of nitrogens with zero attached hydrogens (tertiary/aromatic N) is 1. The molecule has 0 aromatic heterocycles. The highest BCUT2D eigenvalue weighted by Gasteiger charge is 2.40. The first kappa shape index (κ1) is 22.1. The molecule has 3 aromatic carbocycles. The summed E-state index contributed by atoms with van der Waals surface area (Å²) in [6.45, 7) is 6.33. The molecule has 6 nitrogen and oxygen atoms in total. The van der Waals surface area contributed by atoms with Crippen molar-refractivity contribution in [2.45, 2.75) is 20.8 Å². The van der Waals surface area contributed by atoms with E-state index in [2.05, 4.69) is 5.32 Å². The Morgan fingerprint density at radius 2 is 1.61 bits per heavy atom. The predicted octanol–water partition coefficient (Wildman–Crippen LogP) is 5.11. The van der Waals surface area contributed by atoms with Crippen LogP contribution in [0, 0.1) is 13.8 Å². The zero-order chi connectivity index (χ0) is 23.5. The maximum absolute atomic E-state index is 13.6. The first-order valence-electron chi connectivity index (χ1n) is 10.8. The summed E-state index contributed by atoms with van der Waals surface area (Å²) in [6, 6.07) is 20.1. The largest absolute Gasteiger partial charge is 0.495 e. The summed E-state index contributed by atoms with van der Waals surface area (Å²) in [5.41, 5.74) is 4.22. The topological polar surface area (TPSA) is 67.9 Å². The average Bonchev–Trinajstić information content (AvgIpc) is 3.04. The van der Waals surface area contributed by atoms with Gasteiger partial charge in [-0.25, -0.2) is 4.90 Å². The van der Waals surface area contributed by atoms with Crippen molar-refractivity contribution >= 4 is 28.8 Å². The third kappa shape index (κ3) is 4.32. The van der Waals surface area contributed by atoms with Crippen LogP contribution in [0.15, 0.2) is 72.4 Å². The summed E-state index contributed by atoms with van der Waals surface area (Å²) < 4.78 is 11.0. The molecule has 0 unspecified atom stereocenters. The van der Waals surface area contributed by atoms with Gasteiger partial charge in [-0.05, 0) is 73.9 Å². The fourth-order valence-electron chi connectivity index (χ4n) is 3.85. The number of hydrogen-bond donors (Lipinski definition) is 1. The number of aryl methyl sites for hydroxylation is 2. The number of carbonyl (C=O) groups is 2. The number of nitrogens with one attached hydrogen (secondary N) is 1. The van der Waals surface area contributed by atoms with Crippen molar-refractivity contribution in [2.24, 2.45) is 0 Å². The van der Waals surface area contributed by atoms with Crippen LogP contribution in [0.3, 0.4) is 0 Å². The number of carbonyl (C=O) groups excluding carboxylic acids is 2. The van der Waals surface area contributed by atoms with Crippen LogP contribution in [-0.2, 0) is 9.59 Å². The Kier molecular flexibility index (Phi) is 6.18. The highest BCUT2D eigenvalue weighted by molar-refractivity contribution is 6.46. The summed E-state index contributed by atoms with van der Waals surface area (Å²) >= 11 is 0. The monoisotopic (exact) mass is 442 g/mol. The SMILES string of the molecule is CCOc1ccc(C2=C(Nc3cc(C)ccc3OC)C(=O)N(c3cccc(C)c3)C2=O)cc1. The second-order valence-electron chi connectivity index (χ2n) is 7.82. The highest BCUT2D eigenvalue weighted by atomic mass is 16.5. The lowest BCUT2D eigenvalue weighted by molar-refractivity contribution is -0.120. The molecule has 0 spiro atoms. The quantitative estimate of drug-likeness (QED) is 0.515. The Morgan fingerprint density at radius 3 is 2.27 bits per heavy atom. The standard InChI is InChI=1S/C27H26N2O4/c1-5-33-21-12-10-19(11-13-21)24-25(28-22-16-18(3)9-14-23(22)32-4)27(31)29(26(24)30)20-8-6-7-17(2)15-20/h6-16,28H,5H2,1-4H3. The van der Waals surface area contributed by atoms with Gasteiger partial charge < -0.3 is 14.8 Å². The van der Waals surface area contributed by atoms with E-state index in [1.165, 1.54) is 4.90 Å². The van der Waals surface area contributed by atoms with Crippen LogP contribution in [0.2, 0.25) is 0 Å². The lowest BCUT2D eigenvalue weighted by atomic mass is 10.0. The van der Waals surface area contributed by atoms with Crippen molar-refractivity contribution in [3.05, 3.63) is 89.1 Å². The van der Waals surface area contributed by atoms with E-state index >= 15 is 0 Å². The molecule has 1 heterocycles. The second-order valence-corrected chi connectivity index (χ2v) is 7.82. The molecule has 3 aromatic rings. The molecule has 0 aliphatic carbocycles. The van der Waals surface area contributed by atoms with Gasteiger partial charge in [-0.1, -0.05) is 30.3 Å². The van der Waals surface area contributed by atoms with E-state index in [1.807, 2.05) is 57.2 Å². The minimum atomic E-state index is -0.418. The zero-order valence-corrected chi connectivity index (χ0v) is 19.1. The van der Waals surface area contributed by atoms with Crippen LogP contribution in [0.4, 0.5) is 11.4 Å². The summed E-state index contributed by atoms with van der Waals surface area (Å²) in [4.78, 5) is 28.4. The Bertz CT molecular complexity index is 1250. The van der Waals surface area contributed by atoms with Crippen molar-refractivity contribution in [3.63, 3.8) is 0 Å². The van der Waals surface area contributed by atoms with Crippen LogP contribution in [0.5, 0.6) is 11.5 Å². The van der Waals surface area contributed by atoms with E-state index in [-0.39, 0.29) is 11.6 Å². The van der Waals surface area contributed by atoms with E-state index in [0.29, 0.717) is 40.6 Å². The summed E-state index contributed by atoms with van der Waals surface area (Å²) in [7, 11) is 1.57. The maximum Gasteiger partial charge on any atom is 0.282 e. The molecule has 1 aliphatic rings. The molecule has 4 rings (SSSR count). The normalized spacial score (nSPS) is 13.5. The molecule has 0 atom stereocenters. The molecule has 1 aliphatic heterocycles. The predicted molar refractivity (Wildman–Crippen MR) is 130 cm³/mol. The number of rotatable bonds is 7. The minimum Gasteiger partial charge on any atom is -0.495 e. The van der Waals surface area contributed by atoms with Crippen LogP contribution >= 0.6 is 0 Å². The molecular formula is C27H26N2O4. The van der Waals surface area contributed by atoms with Gasteiger partial charge in [-0.2, -0.15) is 0 Å². The summed E-state index contributed by atoms with van der Waals surface area (Å²) in [6.07, 6.45) is 0. The number of benzene rings is 3. The maximum atomic E-state index is 13.6. The van der Waals surface area contributed by atoms with Crippen LogP contribution in [0.25, 0.3) is 5.57 Å². The van der Waals surface area contributed by atoms with Gasteiger partial charge >= 0.3 is 0 Å². The van der Waals surface area contributed by atoms with Gasteiger partial charge in [0.25, 0.3) is 11.8 Å². The number of amides is 2. The zero-order valence-electron chi connectivity index (χ0n) is 19.1.